The minimum atomic E-state index is -0.0583. The molecule has 0 aliphatic rings. The number of aliphatic imine (C=N–C) groups is 1. The molecule has 0 unspecified atom stereocenters. The molecule has 0 aromatic heterocycles. The zero-order chi connectivity index (χ0) is 19.6. The van der Waals surface area contributed by atoms with E-state index in [9.17, 15) is 4.79 Å². The number of amides is 1. The fourth-order valence-electron chi connectivity index (χ4n) is 2.81. The van der Waals surface area contributed by atoms with Gasteiger partial charge in [-0.25, -0.2) is 0 Å². The van der Waals surface area contributed by atoms with Gasteiger partial charge in [-0.2, -0.15) is 0 Å². The Balaban J connectivity index is 2.01. The van der Waals surface area contributed by atoms with E-state index in [1.165, 1.54) is 0 Å². The fraction of sp³-hybridized carbons (Fsp3) is 0.333. The third-order valence-corrected chi connectivity index (χ3v) is 4.15. The highest BCUT2D eigenvalue weighted by atomic mass is 16.5. The van der Waals surface area contributed by atoms with Crippen LogP contribution in [0.2, 0.25) is 0 Å². The van der Waals surface area contributed by atoms with Crippen LogP contribution in [0.15, 0.2) is 53.5 Å². The van der Waals surface area contributed by atoms with Crippen molar-refractivity contribution in [2.75, 3.05) is 27.7 Å². The molecule has 2 rings (SSSR count). The summed E-state index contributed by atoms with van der Waals surface area (Å²) in [7, 11) is 5.41. The number of ether oxygens (including phenoxy) is 1. The molecule has 2 N–H and O–H groups in total. The third kappa shape index (κ3) is 5.74. The van der Waals surface area contributed by atoms with Gasteiger partial charge in [0.25, 0.3) is 5.91 Å². The van der Waals surface area contributed by atoms with Gasteiger partial charge in [-0.15, -0.1) is 0 Å². The Bertz CT molecular complexity index is 789. The predicted molar refractivity (Wildman–Crippen MR) is 109 cm³/mol. The van der Waals surface area contributed by atoms with Gasteiger partial charge in [-0.05, 0) is 30.7 Å². The molecule has 0 heterocycles. The molecule has 0 radical (unpaired) electrons. The summed E-state index contributed by atoms with van der Waals surface area (Å²) in [6.07, 6.45) is 0. The number of hydrogen-bond acceptors (Lipinski definition) is 3. The van der Waals surface area contributed by atoms with Crippen LogP contribution in [0.4, 0.5) is 0 Å². The molecule has 144 valence electrons. The van der Waals surface area contributed by atoms with Crippen LogP contribution in [0.25, 0.3) is 0 Å². The lowest BCUT2D eigenvalue weighted by molar-refractivity contribution is 0.0955. The molecule has 6 nitrogen and oxygen atoms in total. The van der Waals surface area contributed by atoms with Gasteiger partial charge in [0.15, 0.2) is 5.96 Å². The van der Waals surface area contributed by atoms with Crippen LogP contribution in [0.1, 0.15) is 28.4 Å². The van der Waals surface area contributed by atoms with Crippen LogP contribution in [0.3, 0.4) is 0 Å². The number of hydrogen-bond donors (Lipinski definition) is 2. The van der Waals surface area contributed by atoms with E-state index in [0.717, 1.165) is 22.8 Å². The van der Waals surface area contributed by atoms with Crippen molar-refractivity contribution in [2.24, 2.45) is 4.99 Å². The molecule has 0 bridgehead atoms. The van der Waals surface area contributed by atoms with Crippen LogP contribution in [-0.4, -0.2) is 44.5 Å². The smallest absolute Gasteiger partial charge is 0.251 e. The molecular formula is C21H28N4O2. The van der Waals surface area contributed by atoms with E-state index < -0.39 is 0 Å². The van der Waals surface area contributed by atoms with Crippen LogP contribution >= 0.6 is 0 Å². The highest BCUT2D eigenvalue weighted by molar-refractivity contribution is 5.94. The second-order valence-corrected chi connectivity index (χ2v) is 6.13. The van der Waals surface area contributed by atoms with Gasteiger partial charge in [0.2, 0.25) is 0 Å². The van der Waals surface area contributed by atoms with Gasteiger partial charge >= 0.3 is 0 Å². The van der Waals surface area contributed by atoms with Crippen molar-refractivity contribution in [3.63, 3.8) is 0 Å². The summed E-state index contributed by atoms with van der Waals surface area (Å²) in [5.74, 6) is 1.57. The molecule has 0 fully saturated rings. The van der Waals surface area contributed by atoms with E-state index in [4.69, 9.17) is 4.74 Å². The predicted octanol–water partition coefficient (Wildman–Crippen LogP) is 2.65. The molecule has 0 saturated heterocycles. The van der Waals surface area contributed by atoms with Crippen LogP contribution in [0.5, 0.6) is 5.75 Å². The summed E-state index contributed by atoms with van der Waals surface area (Å²) in [4.78, 5) is 18.4. The van der Waals surface area contributed by atoms with Crippen LogP contribution < -0.4 is 15.4 Å². The highest BCUT2D eigenvalue weighted by Gasteiger charge is 2.10. The summed E-state index contributed by atoms with van der Waals surface area (Å²) in [5.41, 5.74) is 2.77. The minimum absolute atomic E-state index is 0.0583. The maximum absolute atomic E-state index is 12.0. The van der Waals surface area contributed by atoms with Gasteiger partial charge in [-0.3, -0.25) is 9.79 Å². The number of methoxy groups -OCH3 is 1. The lowest BCUT2D eigenvalue weighted by atomic mass is 10.1. The molecule has 0 spiro atoms. The van der Waals surface area contributed by atoms with Crippen LogP contribution in [0, 0.1) is 0 Å². The van der Waals surface area contributed by atoms with Gasteiger partial charge in [0.05, 0.1) is 7.11 Å². The molecule has 2 aromatic carbocycles. The number of guanidine groups is 1. The fourth-order valence-corrected chi connectivity index (χ4v) is 2.81. The van der Waals surface area contributed by atoms with Gasteiger partial charge < -0.3 is 20.3 Å². The quantitative estimate of drug-likeness (QED) is 0.582. The van der Waals surface area contributed by atoms with Gasteiger partial charge in [0, 0.05) is 44.9 Å². The third-order valence-electron chi connectivity index (χ3n) is 4.15. The van der Waals surface area contributed by atoms with E-state index in [2.05, 4.69) is 15.6 Å². The molecule has 1 amide bonds. The molecule has 0 aliphatic heterocycles. The Kier molecular flexibility index (Phi) is 7.67. The summed E-state index contributed by atoms with van der Waals surface area (Å²) in [6.45, 7) is 3.77. The summed E-state index contributed by atoms with van der Waals surface area (Å²) in [5, 5.41) is 6.16. The molecular weight excluding hydrogens is 340 g/mol. The molecule has 27 heavy (non-hydrogen) atoms. The van der Waals surface area contributed by atoms with E-state index in [1.54, 1.807) is 14.2 Å². The number of nitrogens with one attached hydrogen (secondary N) is 2. The van der Waals surface area contributed by atoms with Gasteiger partial charge in [0.1, 0.15) is 5.75 Å². The largest absolute Gasteiger partial charge is 0.496 e. The average Bonchev–Trinajstić information content (AvgIpc) is 2.69. The Morgan fingerprint density at radius 3 is 2.63 bits per heavy atom. The first-order valence-electron chi connectivity index (χ1n) is 8.99. The van der Waals surface area contributed by atoms with Crippen molar-refractivity contribution >= 4 is 11.9 Å². The number of para-hydroxylation sites is 1. The number of carbonyl (C=O) groups excluding carboxylic acids is 1. The highest BCUT2D eigenvalue weighted by Crippen LogP contribution is 2.18. The number of benzene rings is 2. The van der Waals surface area contributed by atoms with Crippen molar-refractivity contribution in [3.8, 4) is 5.75 Å². The Morgan fingerprint density at radius 1 is 1.15 bits per heavy atom. The Labute approximate surface area is 161 Å². The first-order chi connectivity index (χ1) is 13.1. The minimum Gasteiger partial charge on any atom is -0.496 e. The van der Waals surface area contributed by atoms with E-state index in [-0.39, 0.29) is 5.91 Å². The zero-order valence-electron chi connectivity index (χ0n) is 16.5. The Hall–Kier alpha value is -3.02. The summed E-state index contributed by atoms with van der Waals surface area (Å²) >= 11 is 0. The molecule has 6 heteroatoms. The van der Waals surface area contributed by atoms with Gasteiger partial charge in [-0.1, -0.05) is 30.3 Å². The second kappa shape index (κ2) is 10.2. The SMILES string of the molecule is CCNC(=O)c1cccc(CNC(=NC)N(C)Cc2ccccc2OC)c1. The van der Waals surface area contributed by atoms with Crippen molar-refractivity contribution in [1.82, 2.24) is 15.5 Å². The molecule has 0 aliphatic carbocycles. The first kappa shape index (κ1) is 20.3. The number of nitrogens with zero attached hydrogens (tertiary/aromatic N) is 2. The van der Waals surface area contributed by atoms with Crippen molar-refractivity contribution in [3.05, 3.63) is 65.2 Å². The topological polar surface area (TPSA) is 66.0 Å². The van der Waals surface area contributed by atoms with Crippen molar-refractivity contribution in [2.45, 2.75) is 20.0 Å². The maximum Gasteiger partial charge on any atom is 0.251 e. The van der Waals surface area contributed by atoms with E-state index in [1.807, 2.05) is 67.4 Å². The Morgan fingerprint density at radius 2 is 1.93 bits per heavy atom. The first-order valence-corrected chi connectivity index (χ1v) is 8.99. The van der Waals surface area contributed by atoms with Crippen molar-refractivity contribution < 1.29 is 9.53 Å². The van der Waals surface area contributed by atoms with E-state index >= 15 is 0 Å². The monoisotopic (exact) mass is 368 g/mol. The number of rotatable bonds is 7. The summed E-state index contributed by atoms with van der Waals surface area (Å²) < 4.78 is 5.42. The van der Waals surface area contributed by atoms with Crippen LogP contribution in [-0.2, 0) is 13.1 Å². The second-order valence-electron chi connectivity index (χ2n) is 6.13. The molecule has 0 saturated carbocycles. The molecule has 2 aromatic rings. The lowest BCUT2D eigenvalue weighted by Gasteiger charge is -2.23. The standard InChI is InChI=1S/C21H28N4O2/c1-5-23-20(26)17-11-8-9-16(13-17)14-24-21(22-2)25(3)15-18-10-6-7-12-19(18)27-4/h6-13H,5,14-15H2,1-4H3,(H,22,24)(H,23,26). The van der Waals surface area contributed by atoms with Crippen molar-refractivity contribution in [1.29, 1.82) is 0 Å². The normalized spacial score (nSPS) is 11.0. The average molecular weight is 368 g/mol. The lowest BCUT2D eigenvalue weighted by Crippen LogP contribution is -2.38. The van der Waals surface area contributed by atoms with E-state index in [0.29, 0.717) is 25.2 Å². The summed E-state index contributed by atoms with van der Waals surface area (Å²) in [6, 6.07) is 15.5. The number of carbonyl (C=O) groups is 1. The maximum atomic E-state index is 12.0. The zero-order valence-corrected chi connectivity index (χ0v) is 16.5. The molecule has 0 atom stereocenters.